The van der Waals surface area contributed by atoms with Gasteiger partial charge in [-0.3, -0.25) is 0 Å². The SMILES string of the molecule is Cc1cc(C)c(C)c(Oc2ccc(C(=O)O)cc2)c1. The van der Waals surface area contributed by atoms with Crippen molar-refractivity contribution in [3.8, 4) is 11.5 Å². The highest BCUT2D eigenvalue weighted by Crippen LogP contribution is 2.28. The van der Waals surface area contributed by atoms with E-state index < -0.39 is 5.97 Å². The van der Waals surface area contributed by atoms with Gasteiger partial charge in [0.15, 0.2) is 0 Å². The van der Waals surface area contributed by atoms with Gasteiger partial charge >= 0.3 is 5.97 Å². The second-order valence-electron chi connectivity index (χ2n) is 4.64. The molecule has 0 bridgehead atoms. The van der Waals surface area contributed by atoms with Crippen molar-refractivity contribution in [3.63, 3.8) is 0 Å². The van der Waals surface area contributed by atoms with E-state index in [1.807, 2.05) is 26.8 Å². The summed E-state index contributed by atoms with van der Waals surface area (Å²) in [5, 5.41) is 8.84. The first-order chi connectivity index (χ1) is 8.97. The smallest absolute Gasteiger partial charge is 0.335 e. The molecule has 0 unspecified atom stereocenters. The molecule has 0 radical (unpaired) electrons. The van der Waals surface area contributed by atoms with Crippen molar-refractivity contribution in [1.29, 1.82) is 0 Å². The van der Waals surface area contributed by atoms with Gasteiger partial charge in [0.25, 0.3) is 0 Å². The number of carbonyl (C=O) groups is 1. The van der Waals surface area contributed by atoms with Crippen LogP contribution in [0.3, 0.4) is 0 Å². The summed E-state index contributed by atoms with van der Waals surface area (Å²) in [6, 6.07) is 10.5. The molecule has 3 heteroatoms. The van der Waals surface area contributed by atoms with Crippen LogP contribution in [-0.4, -0.2) is 11.1 Å². The topological polar surface area (TPSA) is 46.5 Å². The molecule has 0 aliphatic rings. The number of ether oxygens (including phenoxy) is 1. The summed E-state index contributed by atoms with van der Waals surface area (Å²) in [6.45, 7) is 6.07. The van der Waals surface area contributed by atoms with E-state index in [9.17, 15) is 4.79 Å². The number of rotatable bonds is 3. The van der Waals surface area contributed by atoms with Crippen LogP contribution in [0.25, 0.3) is 0 Å². The van der Waals surface area contributed by atoms with E-state index in [4.69, 9.17) is 9.84 Å². The van der Waals surface area contributed by atoms with E-state index in [0.717, 1.165) is 16.9 Å². The minimum absolute atomic E-state index is 0.254. The molecule has 1 N–H and O–H groups in total. The Balaban J connectivity index is 2.28. The van der Waals surface area contributed by atoms with Crippen molar-refractivity contribution < 1.29 is 14.6 Å². The Morgan fingerprint density at radius 1 is 1.05 bits per heavy atom. The zero-order valence-electron chi connectivity index (χ0n) is 11.2. The predicted octanol–water partition coefficient (Wildman–Crippen LogP) is 4.10. The molecule has 0 saturated carbocycles. The van der Waals surface area contributed by atoms with Crippen molar-refractivity contribution in [2.45, 2.75) is 20.8 Å². The predicted molar refractivity (Wildman–Crippen MR) is 74.1 cm³/mol. The van der Waals surface area contributed by atoms with Gasteiger partial charge in [-0.1, -0.05) is 6.07 Å². The van der Waals surface area contributed by atoms with Crippen LogP contribution in [0.4, 0.5) is 0 Å². The summed E-state index contributed by atoms with van der Waals surface area (Å²) >= 11 is 0. The van der Waals surface area contributed by atoms with Crippen LogP contribution in [0.2, 0.25) is 0 Å². The number of hydrogen-bond donors (Lipinski definition) is 1. The van der Waals surface area contributed by atoms with E-state index >= 15 is 0 Å². The maximum absolute atomic E-state index is 10.8. The molecule has 2 rings (SSSR count). The standard InChI is InChI=1S/C16H16O3/c1-10-8-11(2)12(3)15(9-10)19-14-6-4-13(5-7-14)16(17)18/h4-9H,1-3H3,(H,17,18). The third-order valence-corrected chi connectivity index (χ3v) is 3.09. The zero-order chi connectivity index (χ0) is 14.0. The minimum Gasteiger partial charge on any atom is -0.478 e. The number of hydrogen-bond acceptors (Lipinski definition) is 2. The van der Waals surface area contributed by atoms with E-state index in [1.54, 1.807) is 12.1 Å². The highest BCUT2D eigenvalue weighted by molar-refractivity contribution is 5.87. The average Bonchev–Trinajstić information content (AvgIpc) is 2.36. The van der Waals surface area contributed by atoms with Gasteiger partial charge in [-0.05, 0) is 67.8 Å². The Bertz CT molecular complexity index is 613. The number of aryl methyl sites for hydroxylation is 2. The molecule has 0 spiro atoms. The van der Waals surface area contributed by atoms with Crippen LogP contribution >= 0.6 is 0 Å². The van der Waals surface area contributed by atoms with Gasteiger partial charge in [0.1, 0.15) is 11.5 Å². The van der Waals surface area contributed by atoms with Crippen LogP contribution < -0.4 is 4.74 Å². The average molecular weight is 256 g/mol. The molecule has 0 saturated heterocycles. The van der Waals surface area contributed by atoms with E-state index in [2.05, 4.69) is 6.07 Å². The lowest BCUT2D eigenvalue weighted by Crippen LogP contribution is -1.96. The quantitative estimate of drug-likeness (QED) is 0.899. The van der Waals surface area contributed by atoms with E-state index in [1.165, 1.54) is 17.7 Å². The summed E-state index contributed by atoms with van der Waals surface area (Å²) in [7, 11) is 0. The van der Waals surface area contributed by atoms with Crippen molar-refractivity contribution in [3.05, 3.63) is 58.7 Å². The number of carboxylic acid groups (broad SMARTS) is 1. The summed E-state index contributed by atoms with van der Waals surface area (Å²) in [4.78, 5) is 10.8. The van der Waals surface area contributed by atoms with Crippen molar-refractivity contribution in [2.75, 3.05) is 0 Å². The highest BCUT2D eigenvalue weighted by atomic mass is 16.5. The van der Waals surface area contributed by atoms with Gasteiger partial charge < -0.3 is 9.84 Å². The van der Waals surface area contributed by atoms with Gasteiger partial charge in [-0.15, -0.1) is 0 Å². The molecule has 3 nitrogen and oxygen atoms in total. The Labute approximate surface area is 112 Å². The summed E-state index contributed by atoms with van der Waals surface area (Å²) in [6.07, 6.45) is 0. The maximum atomic E-state index is 10.8. The Morgan fingerprint density at radius 3 is 2.26 bits per heavy atom. The molecule has 2 aromatic carbocycles. The lowest BCUT2D eigenvalue weighted by Gasteiger charge is -2.12. The lowest BCUT2D eigenvalue weighted by atomic mass is 10.1. The van der Waals surface area contributed by atoms with Crippen LogP contribution in [0.15, 0.2) is 36.4 Å². The molecule has 98 valence electrons. The first-order valence-corrected chi connectivity index (χ1v) is 6.06. The van der Waals surface area contributed by atoms with Crippen LogP contribution in [-0.2, 0) is 0 Å². The molecule has 19 heavy (non-hydrogen) atoms. The van der Waals surface area contributed by atoms with E-state index in [-0.39, 0.29) is 5.56 Å². The second-order valence-corrected chi connectivity index (χ2v) is 4.64. The first kappa shape index (κ1) is 13.1. The van der Waals surface area contributed by atoms with Gasteiger partial charge in [0.05, 0.1) is 5.56 Å². The molecular formula is C16H16O3. The summed E-state index contributed by atoms with van der Waals surface area (Å²) in [5.74, 6) is 0.507. The maximum Gasteiger partial charge on any atom is 0.335 e. The van der Waals surface area contributed by atoms with Crippen LogP contribution in [0, 0.1) is 20.8 Å². The summed E-state index contributed by atoms with van der Waals surface area (Å²) in [5.41, 5.74) is 3.66. The third-order valence-electron chi connectivity index (χ3n) is 3.09. The highest BCUT2D eigenvalue weighted by Gasteiger charge is 2.07. The second kappa shape index (κ2) is 5.14. The minimum atomic E-state index is -0.936. The van der Waals surface area contributed by atoms with Crippen molar-refractivity contribution in [2.24, 2.45) is 0 Å². The van der Waals surface area contributed by atoms with Crippen LogP contribution in [0.1, 0.15) is 27.0 Å². The molecular weight excluding hydrogens is 240 g/mol. The van der Waals surface area contributed by atoms with E-state index in [0.29, 0.717) is 5.75 Å². The molecule has 0 aliphatic heterocycles. The number of carboxylic acids is 1. The van der Waals surface area contributed by atoms with Gasteiger partial charge in [-0.25, -0.2) is 4.79 Å². The molecule has 0 atom stereocenters. The van der Waals surface area contributed by atoms with Crippen molar-refractivity contribution >= 4 is 5.97 Å². The Morgan fingerprint density at radius 2 is 1.68 bits per heavy atom. The van der Waals surface area contributed by atoms with Gasteiger partial charge in [0, 0.05) is 0 Å². The fraction of sp³-hybridized carbons (Fsp3) is 0.188. The Hall–Kier alpha value is -2.29. The first-order valence-electron chi connectivity index (χ1n) is 6.06. The molecule has 0 aliphatic carbocycles. The third kappa shape index (κ3) is 2.94. The molecule has 0 amide bonds. The van der Waals surface area contributed by atoms with Crippen molar-refractivity contribution in [1.82, 2.24) is 0 Å². The number of benzene rings is 2. The monoisotopic (exact) mass is 256 g/mol. The van der Waals surface area contributed by atoms with Gasteiger partial charge in [-0.2, -0.15) is 0 Å². The normalized spacial score (nSPS) is 10.3. The zero-order valence-corrected chi connectivity index (χ0v) is 11.2. The fourth-order valence-corrected chi connectivity index (χ4v) is 1.90. The molecule has 0 heterocycles. The van der Waals surface area contributed by atoms with Crippen LogP contribution in [0.5, 0.6) is 11.5 Å². The van der Waals surface area contributed by atoms with Gasteiger partial charge in [0.2, 0.25) is 0 Å². The fourth-order valence-electron chi connectivity index (χ4n) is 1.90. The molecule has 2 aromatic rings. The Kier molecular flexibility index (Phi) is 3.56. The molecule has 0 fully saturated rings. The summed E-state index contributed by atoms with van der Waals surface area (Å²) < 4.78 is 5.81. The largest absolute Gasteiger partial charge is 0.478 e. The molecule has 0 aromatic heterocycles. The number of aromatic carboxylic acids is 1. The lowest BCUT2D eigenvalue weighted by molar-refractivity contribution is 0.0697.